The maximum absolute atomic E-state index is 12.4. The first-order valence-electron chi connectivity index (χ1n) is 15.1. The number of nitrogens with one attached hydrogen (secondary N) is 2. The first kappa shape index (κ1) is 38.9. The molecule has 0 fully saturated rings. The van der Waals surface area contributed by atoms with Crippen LogP contribution in [0.25, 0.3) is 0 Å². The number of carbonyl (C=O) groups excluding carboxylic acids is 2. The van der Waals surface area contributed by atoms with Crippen LogP contribution in [-0.4, -0.2) is 36.2 Å². The molecule has 2 aromatic rings. The van der Waals surface area contributed by atoms with Crippen molar-refractivity contribution in [1.29, 1.82) is 0 Å². The monoisotopic (exact) mass is 587 g/mol. The summed E-state index contributed by atoms with van der Waals surface area (Å²) in [4.78, 5) is 24.8. The van der Waals surface area contributed by atoms with E-state index in [-0.39, 0.29) is 42.1 Å². The molecular formula is C34H57N3O5. The summed E-state index contributed by atoms with van der Waals surface area (Å²) in [5, 5.41) is 17.7. The number of phenolic OH excluding ortho intramolecular Hbond substituents is 1. The minimum atomic E-state index is -0.242. The van der Waals surface area contributed by atoms with Gasteiger partial charge in [0, 0.05) is 25.5 Å². The van der Waals surface area contributed by atoms with Crippen LogP contribution in [0.5, 0.6) is 11.5 Å². The molecule has 3 rings (SSSR count). The topological polar surface area (TPSA) is 134 Å². The van der Waals surface area contributed by atoms with Gasteiger partial charge in [0.15, 0.2) is 0 Å². The molecule has 238 valence electrons. The van der Waals surface area contributed by atoms with Gasteiger partial charge in [-0.25, -0.2) is 0 Å². The Balaban J connectivity index is 0.00000263. The second-order valence-corrected chi connectivity index (χ2v) is 11.6. The van der Waals surface area contributed by atoms with E-state index in [2.05, 4.69) is 63.3 Å². The van der Waals surface area contributed by atoms with Gasteiger partial charge in [-0.05, 0) is 77.9 Å². The van der Waals surface area contributed by atoms with Crippen LogP contribution in [0.15, 0.2) is 24.3 Å². The molecule has 0 spiro atoms. The Morgan fingerprint density at radius 3 is 1.69 bits per heavy atom. The Kier molecular flexibility index (Phi) is 17.1. The van der Waals surface area contributed by atoms with E-state index in [4.69, 9.17) is 9.84 Å². The number of benzene rings is 2. The smallest absolute Gasteiger partial charge is 0.238 e. The van der Waals surface area contributed by atoms with Crippen molar-refractivity contribution in [2.75, 3.05) is 14.2 Å². The van der Waals surface area contributed by atoms with Crippen molar-refractivity contribution in [3.05, 3.63) is 57.6 Å². The number of fused-ring (bicyclic) bond motifs is 1. The van der Waals surface area contributed by atoms with Crippen molar-refractivity contribution >= 4 is 11.8 Å². The first-order chi connectivity index (χ1) is 19.8. The summed E-state index contributed by atoms with van der Waals surface area (Å²) < 4.78 is 5.79. The molecular weight excluding hydrogens is 530 g/mol. The Bertz CT molecular complexity index is 1140. The number of nitrogens with two attached hydrogens (primary N) is 1. The van der Waals surface area contributed by atoms with E-state index in [0.29, 0.717) is 24.5 Å². The summed E-state index contributed by atoms with van der Waals surface area (Å²) in [5.74, 6) is 1.39. The molecule has 1 heterocycles. The summed E-state index contributed by atoms with van der Waals surface area (Å²) in [6, 6.07) is 8.21. The van der Waals surface area contributed by atoms with E-state index in [1.54, 1.807) is 0 Å². The summed E-state index contributed by atoms with van der Waals surface area (Å²) in [6.07, 6.45) is 1.75. The highest BCUT2D eigenvalue weighted by atomic mass is 16.5. The number of rotatable bonds is 8. The van der Waals surface area contributed by atoms with Crippen molar-refractivity contribution in [3.63, 3.8) is 0 Å². The number of aromatic hydroxyl groups is 1. The van der Waals surface area contributed by atoms with Crippen molar-refractivity contribution in [2.45, 2.75) is 118 Å². The van der Waals surface area contributed by atoms with E-state index in [1.807, 2.05) is 46.8 Å². The molecule has 0 aliphatic carbocycles. The van der Waals surface area contributed by atoms with Crippen LogP contribution in [0.3, 0.4) is 0 Å². The number of phenols is 1. The number of amides is 2. The predicted molar refractivity (Wildman–Crippen MR) is 173 cm³/mol. The zero-order valence-electron chi connectivity index (χ0n) is 28.1. The molecule has 1 aliphatic heterocycles. The van der Waals surface area contributed by atoms with Crippen LogP contribution in [0, 0.1) is 0 Å². The fraction of sp³-hybridized carbons (Fsp3) is 0.588. The van der Waals surface area contributed by atoms with Gasteiger partial charge < -0.3 is 20.7 Å². The molecule has 8 nitrogen and oxygen atoms in total. The highest BCUT2D eigenvalue weighted by Gasteiger charge is 2.28. The van der Waals surface area contributed by atoms with Crippen LogP contribution in [-0.2, 0) is 27.8 Å². The Morgan fingerprint density at radius 1 is 0.857 bits per heavy atom. The lowest BCUT2D eigenvalue weighted by Gasteiger charge is -2.32. The average Bonchev–Trinajstić information content (AvgIpc) is 2.96. The molecule has 42 heavy (non-hydrogen) atoms. The van der Waals surface area contributed by atoms with E-state index in [9.17, 15) is 14.7 Å². The van der Waals surface area contributed by atoms with Gasteiger partial charge in [-0.15, -0.1) is 0 Å². The molecule has 0 saturated carbocycles. The van der Waals surface area contributed by atoms with Gasteiger partial charge in [0.05, 0.1) is 0 Å². The third-order valence-corrected chi connectivity index (χ3v) is 6.81. The fourth-order valence-corrected chi connectivity index (χ4v) is 4.59. The zero-order valence-corrected chi connectivity index (χ0v) is 28.1. The number of carbonyl (C=O) groups is 2. The van der Waals surface area contributed by atoms with Gasteiger partial charge in [0.2, 0.25) is 11.8 Å². The van der Waals surface area contributed by atoms with Gasteiger partial charge in [-0.1, -0.05) is 80.5 Å². The third-order valence-electron chi connectivity index (χ3n) is 6.81. The molecule has 8 heteroatoms. The van der Waals surface area contributed by atoms with E-state index >= 15 is 0 Å². The van der Waals surface area contributed by atoms with Gasteiger partial charge in [-0.3, -0.25) is 20.4 Å². The van der Waals surface area contributed by atoms with Crippen molar-refractivity contribution in [2.24, 2.45) is 5.73 Å². The molecule has 6 N–H and O–H groups in total. The number of hydrazine groups is 1. The highest BCUT2D eigenvalue weighted by molar-refractivity contribution is 5.82. The van der Waals surface area contributed by atoms with Crippen LogP contribution in [0.2, 0.25) is 0 Å². The molecule has 0 bridgehead atoms. The van der Waals surface area contributed by atoms with Gasteiger partial charge in [0.1, 0.15) is 17.6 Å². The highest BCUT2D eigenvalue weighted by Crippen LogP contribution is 2.45. The molecule has 0 saturated heterocycles. The lowest BCUT2D eigenvalue weighted by molar-refractivity contribution is -0.128. The molecule has 2 aromatic carbocycles. The fourth-order valence-electron chi connectivity index (χ4n) is 4.59. The lowest BCUT2D eigenvalue weighted by Crippen LogP contribution is -2.41. The van der Waals surface area contributed by atoms with E-state index in [0.717, 1.165) is 35.1 Å². The number of hydrogen-bond acceptors (Lipinski definition) is 6. The Morgan fingerprint density at radius 2 is 1.29 bits per heavy atom. The predicted octanol–water partition coefficient (Wildman–Crippen LogP) is 6.31. The normalized spacial score (nSPS) is 13.1. The third kappa shape index (κ3) is 11.0. The quantitative estimate of drug-likeness (QED) is 0.230. The summed E-state index contributed by atoms with van der Waals surface area (Å²) in [6.45, 7) is 20.6. The molecule has 1 atom stereocenters. The minimum absolute atomic E-state index is 0.0928. The summed E-state index contributed by atoms with van der Waals surface area (Å²) in [5.41, 5.74) is 15.7. The molecule has 0 radical (unpaired) electrons. The van der Waals surface area contributed by atoms with E-state index < -0.39 is 0 Å². The number of aliphatic hydroxyl groups is 1. The minimum Gasteiger partial charge on any atom is -0.507 e. The van der Waals surface area contributed by atoms with Gasteiger partial charge in [-0.2, -0.15) is 0 Å². The van der Waals surface area contributed by atoms with Crippen LogP contribution < -0.4 is 21.3 Å². The maximum Gasteiger partial charge on any atom is 0.238 e. The second kappa shape index (κ2) is 18.4. The summed E-state index contributed by atoms with van der Waals surface area (Å²) in [7, 11) is 2.50. The molecule has 1 aliphatic rings. The lowest BCUT2D eigenvalue weighted by atomic mass is 9.82. The van der Waals surface area contributed by atoms with Crippen molar-refractivity contribution < 1.29 is 24.5 Å². The first-order valence-corrected chi connectivity index (χ1v) is 15.1. The average molecular weight is 588 g/mol. The largest absolute Gasteiger partial charge is 0.507 e. The van der Waals surface area contributed by atoms with Crippen molar-refractivity contribution in [3.8, 4) is 11.5 Å². The number of ether oxygens (including phenoxy) is 1. The SMILES string of the molecule is CC.CC(C)c1cc(CCC(=O)NNC(=O)CCc2cc(C(C)C)c3c(c2)C(C)O3)cc(C(C)(C)C)c1O.CN.CO. The Hall–Kier alpha value is -3.10. The van der Waals surface area contributed by atoms with Crippen molar-refractivity contribution in [1.82, 2.24) is 10.9 Å². The molecule has 2 amide bonds. The maximum atomic E-state index is 12.4. The number of hydrogen-bond donors (Lipinski definition) is 5. The summed E-state index contributed by atoms with van der Waals surface area (Å²) >= 11 is 0. The standard InChI is InChI=1S/C30H42N2O4.C2H6.CH5N.CH4O/c1-17(2)22-13-21(16-25(28(22)35)30(6,7)8)10-12-27(34)32-31-26(33)11-9-20-14-23(18(3)4)29-24(15-20)19(5)36-29;3*1-2/h13-19,35H,9-12H2,1-8H3,(H,31,33)(H,32,34);1-2H3;2H2,1H3;2H,1H3. The molecule has 0 aromatic heterocycles. The second-order valence-electron chi connectivity index (χ2n) is 11.6. The van der Waals surface area contributed by atoms with Crippen LogP contribution in [0.4, 0.5) is 0 Å². The van der Waals surface area contributed by atoms with Crippen LogP contribution >= 0.6 is 0 Å². The van der Waals surface area contributed by atoms with Gasteiger partial charge in [0.25, 0.3) is 0 Å². The van der Waals surface area contributed by atoms with E-state index in [1.165, 1.54) is 18.2 Å². The Labute approximate surface area is 254 Å². The van der Waals surface area contributed by atoms with Gasteiger partial charge >= 0.3 is 0 Å². The van der Waals surface area contributed by atoms with Crippen LogP contribution in [0.1, 0.15) is 133 Å². The number of aryl methyl sites for hydroxylation is 2. The molecule has 1 unspecified atom stereocenters. The number of aliphatic hydroxyl groups excluding tert-OH is 1. The zero-order chi connectivity index (χ0) is 32.8.